The predicted octanol–water partition coefficient (Wildman–Crippen LogP) is 1.21. The second-order valence-electron chi connectivity index (χ2n) is 5.25. The SMILES string of the molecule is C[C@H](OC(=O)CN1C(=O)CN(C)C1=O)C(=O)Nc1cccc(Br)c1. The zero-order chi connectivity index (χ0) is 17.9. The number of nitrogens with zero attached hydrogens (tertiary/aromatic N) is 2. The zero-order valence-corrected chi connectivity index (χ0v) is 14.7. The summed E-state index contributed by atoms with van der Waals surface area (Å²) in [6, 6.07) is 6.37. The minimum Gasteiger partial charge on any atom is -0.451 e. The Labute approximate surface area is 146 Å². The molecular weight excluding hydrogens is 382 g/mol. The fraction of sp³-hybridized carbons (Fsp3) is 0.333. The molecule has 9 heteroatoms. The van der Waals surface area contributed by atoms with E-state index < -0.39 is 36.5 Å². The molecule has 1 heterocycles. The predicted molar refractivity (Wildman–Crippen MR) is 88.1 cm³/mol. The Bertz CT molecular complexity index is 693. The van der Waals surface area contributed by atoms with Gasteiger partial charge in [0.2, 0.25) is 0 Å². The molecule has 0 spiro atoms. The molecule has 128 valence electrons. The number of benzene rings is 1. The average molecular weight is 398 g/mol. The number of esters is 1. The van der Waals surface area contributed by atoms with Crippen LogP contribution in [0.2, 0.25) is 0 Å². The molecule has 0 unspecified atom stereocenters. The topological polar surface area (TPSA) is 96.0 Å². The number of hydrogen-bond acceptors (Lipinski definition) is 5. The summed E-state index contributed by atoms with van der Waals surface area (Å²) in [5.41, 5.74) is 0.545. The van der Waals surface area contributed by atoms with Crippen LogP contribution in [0.5, 0.6) is 0 Å². The summed E-state index contributed by atoms with van der Waals surface area (Å²) in [6.45, 7) is 0.812. The van der Waals surface area contributed by atoms with Crippen molar-refractivity contribution in [3.05, 3.63) is 28.7 Å². The molecule has 1 aliphatic rings. The summed E-state index contributed by atoms with van der Waals surface area (Å²) in [7, 11) is 1.46. The van der Waals surface area contributed by atoms with Crippen LogP contribution >= 0.6 is 15.9 Å². The molecule has 1 aromatic rings. The van der Waals surface area contributed by atoms with Crippen molar-refractivity contribution < 1.29 is 23.9 Å². The highest BCUT2D eigenvalue weighted by Gasteiger charge is 2.35. The van der Waals surface area contributed by atoms with Crippen LogP contribution in [-0.4, -0.2) is 59.9 Å². The number of hydrogen-bond donors (Lipinski definition) is 1. The molecule has 1 aliphatic heterocycles. The molecule has 2 rings (SSSR count). The number of urea groups is 1. The molecule has 0 bridgehead atoms. The molecule has 1 aromatic carbocycles. The lowest BCUT2D eigenvalue weighted by Crippen LogP contribution is -2.39. The van der Waals surface area contributed by atoms with Gasteiger partial charge in [-0.05, 0) is 25.1 Å². The van der Waals surface area contributed by atoms with E-state index in [0.717, 1.165) is 9.37 Å². The second kappa shape index (κ2) is 7.43. The van der Waals surface area contributed by atoms with Crippen molar-refractivity contribution in [1.82, 2.24) is 9.80 Å². The van der Waals surface area contributed by atoms with Gasteiger partial charge in [-0.25, -0.2) is 4.79 Å². The number of halogens is 1. The number of rotatable bonds is 5. The van der Waals surface area contributed by atoms with Gasteiger partial charge in [-0.3, -0.25) is 19.3 Å². The van der Waals surface area contributed by atoms with Gasteiger partial charge in [0.1, 0.15) is 13.1 Å². The zero-order valence-electron chi connectivity index (χ0n) is 13.1. The molecule has 1 atom stereocenters. The maximum Gasteiger partial charge on any atom is 0.327 e. The summed E-state index contributed by atoms with van der Waals surface area (Å²) in [4.78, 5) is 49.1. The lowest BCUT2D eigenvalue weighted by molar-refractivity contribution is -0.154. The van der Waals surface area contributed by atoms with Crippen molar-refractivity contribution >= 4 is 45.4 Å². The standard InChI is InChI=1S/C15H16BrN3O5/c1-9(14(22)17-11-5-3-4-10(16)6-11)24-13(21)8-19-12(20)7-18(2)15(19)23/h3-6,9H,7-8H2,1-2H3,(H,17,22)/t9-/m0/s1. The third-order valence-electron chi connectivity index (χ3n) is 3.29. The van der Waals surface area contributed by atoms with Gasteiger partial charge in [0.25, 0.3) is 11.8 Å². The maximum absolute atomic E-state index is 12.0. The molecule has 1 N–H and O–H groups in total. The molecule has 1 fully saturated rings. The van der Waals surface area contributed by atoms with Gasteiger partial charge >= 0.3 is 12.0 Å². The van der Waals surface area contributed by atoms with Crippen molar-refractivity contribution in [3.63, 3.8) is 0 Å². The van der Waals surface area contributed by atoms with E-state index >= 15 is 0 Å². The normalized spacial score (nSPS) is 15.5. The number of imide groups is 1. The first-order valence-electron chi connectivity index (χ1n) is 7.09. The van der Waals surface area contributed by atoms with E-state index in [1.54, 1.807) is 24.3 Å². The Kier molecular flexibility index (Phi) is 5.55. The summed E-state index contributed by atoms with van der Waals surface area (Å²) < 4.78 is 5.77. The number of anilines is 1. The third-order valence-corrected chi connectivity index (χ3v) is 3.78. The quantitative estimate of drug-likeness (QED) is 0.594. The van der Waals surface area contributed by atoms with Crippen molar-refractivity contribution in [3.8, 4) is 0 Å². The van der Waals surface area contributed by atoms with Crippen LogP contribution in [0.1, 0.15) is 6.92 Å². The maximum atomic E-state index is 12.0. The van der Waals surface area contributed by atoms with Crippen LogP contribution in [0.15, 0.2) is 28.7 Å². The summed E-state index contributed by atoms with van der Waals surface area (Å²) in [5.74, 6) is -1.83. The Balaban J connectivity index is 1.88. The first kappa shape index (κ1) is 17.9. The smallest absolute Gasteiger partial charge is 0.327 e. The number of ether oxygens (including phenoxy) is 1. The molecule has 0 aliphatic carbocycles. The van der Waals surface area contributed by atoms with Gasteiger partial charge in [-0.1, -0.05) is 22.0 Å². The average Bonchev–Trinajstić information content (AvgIpc) is 2.73. The Morgan fingerprint density at radius 2 is 2.08 bits per heavy atom. The van der Waals surface area contributed by atoms with Crippen LogP contribution in [-0.2, 0) is 19.1 Å². The lowest BCUT2D eigenvalue weighted by atomic mass is 10.3. The van der Waals surface area contributed by atoms with E-state index in [4.69, 9.17) is 4.74 Å². The summed E-state index contributed by atoms with van der Waals surface area (Å²) in [5, 5.41) is 2.60. The van der Waals surface area contributed by atoms with Crippen LogP contribution in [0, 0.1) is 0 Å². The fourth-order valence-electron chi connectivity index (χ4n) is 2.05. The van der Waals surface area contributed by atoms with E-state index in [9.17, 15) is 19.2 Å². The Morgan fingerprint density at radius 3 is 2.67 bits per heavy atom. The Hall–Kier alpha value is -2.42. The first-order valence-corrected chi connectivity index (χ1v) is 7.88. The summed E-state index contributed by atoms with van der Waals surface area (Å²) in [6.07, 6.45) is -1.07. The fourth-order valence-corrected chi connectivity index (χ4v) is 2.45. The van der Waals surface area contributed by atoms with Gasteiger partial charge in [-0.2, -0.15) is 0 Å². The Morgan fingerprint density at radius 1 is 1.38 bits per heavy atom. The van der Waals surface area contributed by atoms with Crippen molar-refractivity contribution in [1.29, 1.82) is 0 Å². The van der Waals surface area contributed by atoms with Crippen molar-refractivity contribution in [2.24, 2.45) is 0 Å². The number of carbonyl (C=O) groups excluding carboxylic acids is 4. The number of carbonyl (C=O) groups is 4. The lowest BCUT2D eigenvalue weighted by Gasteiger charge is -2.16. The molecule has 0 saturated carbocycles. The minimum absolute atomic E-state index is 0.0783. The van der Waals surface area contributed by atoms with Crippen LogP contribution in [0.3, 0.4) is 0 Å². The van der Waals surface area contributed by atoms with E-state index in [1.807, 2.05) is 0 Å². The third kappa shape index (κ3) is 4.31. The second-order valence-corrected chi connectivity index (χ2v) is 6.17. The first-order chi connectivity index (χ1) is 11.3. The molecule has 0 aromatic heterocycles. The van der Waals surface area contributed by atoms with Gasteiger partial charge in [0.05, 0.1) is 0 Å². The highest BCUT2D eigenvalue weighted by Crippen LogP contribution is 2.16. The van der Waals surface area contributed by atoms with Gasteiger partial charge in [0, 0.05) is 17.2 Å². The van der Waals surface area contributed by atoms with Gasteiger partial charge in [0.15, 0.2) is 6.10 Å². The van der Waals surface area contributed by atoms with E-state index in [0.29, 0.717) is 5.69 Å². The van der Waals surface area contributed by atoms with Crippen molar-refractivity contribution in [2.45, 2.75) is 13.0 Å². The van der Waals surface area contributed by atoms with Crippen molar-refractivity contribution in [2.75, 3.05) is 25.5 Å². The molecule has 8 nitrogen and oxygen atoms in total. The van der Waals surface area contributed by atoms with E-state index in [1.165, 1.54) is 18.9 Å². The number of likely N-dealkylation sites (N-methyl/N-ethyl adjacent to an activating group) is 1. The highest BCUT2D eigenvalue weighted by atomic mass is 79.9. The molecule has 0 radical (unpaired) electrons. The monoisotopic (exact) mass is 397 g/mol. The van der Waals surface area contributed by atoms with Gasteiger partial charge < -0.3 is 15.0 Å². The van der Waals surface area contributed by atoms with Crippen LogP contribution < -0.4 is 5.32 Å². The molecule has 4 amide bonds. The number of amides is 4. The number of nitrogens with one attached hydrogen (secondary N) is 1. The minimum atomic E-state index is -1.07. The van der Waals surface area contributed by atoms with Crippen LogP contribution in [0.4, 0.5) is 10.5 Å². The molecular formula is C15H16BrN3O5. The summed E-state index contributed by atoms with van der Waals surface area (Å²) >= 11 is 3.28. The molecule has 24 heavy (non-hydrogen) atoms. The van der Waals surface area contributed by atoms with E-state index in [2.05, 4.69) is 21.2 Å². The van der Waals surface area contributed by atoms with E-state index in [-0.39, 0.29) is 6.54 Å². The molecule has 1 saturated heterocycles. The van der Waals surface area contributed by atoms with Gasteiger partial charge in [-0.15, -0.1) is 0 Å². The largest absolute Gasteiger partial charge is 0.451 e. The highest BCUT2D eigenvalue weighted by molar-refractivity contribution is 9.10. The van der Waals surface area contributed by atoms with Crippen LogP contribution in [0.25, 0.3) is 0 Å².